The second kappa shape index (κ2) is 6.06. The average molecular weight is 358 g/mol. The zero-order valence-electron chi connectivity index (χ0n) is 10.3. The molecule has 2 aromatic carbocycles. The molecule has 0 saturated heterocycles. The zero-order chi connectivity index (χ0) is 15.5. The molecule has 21 heavy (non-hydrogen) atoms. The van der Waals surface area contributed by atoms with Gasteiger partial charge in [-0.2, -0.15) is 5.26 Å². The Kier molecular flexibility index (Phi) is 4.38. The monoisotopic (exact) mass is 357 g/mol. The molecule has 2 rings (SSSR count). The fourth-order valence-electron chi connectivity index (χ4n) is 1.53. The Hall–Kier alpha value is -2.20. The Morgan fingerprint density at radius 3 is 2.29 bits per heavy atom. The van der Waals surface area contributed by atoms with Gasteiger partial charge >= 0.3 is 6.36 Å². The van der Waals surface area contributed by atoms with Crippen LogP contribution >= 0.6 is 15.9 Å². The van der Waals surface area contributed by atoms with Crippen LogP contribution in [0.15, 0.2) is 46.9 Å². The molecular weight excluding hydrogens is 351 g/mol. The minimum Gasteiger partial charge on any atom is -0.452 e. The van der Waals surface area contributed by atoms with Gasteiger partial charge < -0.3 is 9.47 Å². The predicted octanol–water partition coefficient (Wildman–Crippen LogP) is 5.01. The average Bonchev–Trinajstić information content (AvgIpc) is 2.40. The van der Waals surface area contributed by atoms with Gasteiger partial charge in [0.15, 0.2) is 11.5 Å². The summed E-state index contributed by atoms with van der Waals surface area (Å²) in [5.41, 5.74) is 0.194. The predicted molar refractivity (Wildman–Crippen MR) is 72.1 cm³/mol. The third-order valence-corrected chi connectivity index (χ3v) is 2.85. The summed E-state index contributed by atoms with van der Waals surface area (Å²) in [6, 6.07) is 11.9. The minimum absolute atomic E-state index is 0.130. The van der Waals surface area contributed by atoms with Crippen molar-refractivity contribution in [3.05, 3.63) is 52.5 Å². The second-order valence-electron chi connectivity index (χ2n) is 3.85. The Labute approximate surface area is 126 Å². The molecule has 2 aromatic rings. The summed E-state index contributed by atoms with van der Waals surface area (Å²) in [7, 11) is 0. The molecule has 0 spiro atoms. The van der Waals surface area contributed by atoms with Crippen molar-refractivity contribution in [2.75, 3.05) is 0 Å². The van der Waals surface area contributed by atoms with Gasteiger partial charge in [0.1, 0.15) is 11.8 Å². The number of hydrogen-bond donors (Lipinski definition) is 0. The summed E-state index contributed by atoms with van der Waals surface area (Å²) in [5, 5.41) is 8.99. The first kappa shape index (κ1) is 15.2. The largest absolute Gasteiger partial charge is 0.573 e. The van der Waals surface area contributed by atoms with E-state index >= 15 is 0 Å². The molecule has 0 unspecified atom stereocenters. The third kappa shape index (κ3) is 4.13. The summed E-state index contributed by atoms with van der Waals surface area (Å²) in [6.07, 6.45) is -4.82. The molecule has 0 atom stereocenters. The number of benzene rings is 2. The maximum atomic E-state index is 12.3. The van der Waals surface area contributed by atoms with Gasteiger partial charge in [0, 0.05) is 4.47 Å². The van der Waals surface area contributed by atoms with Crippen LogP contribution < -0.4 is 9.47 Å². The third-order valence-electron chi connectivity index (χ3n) is 2.36. The molecule has 0 aliphatic heterocycles. The SMILES string of the molecule is N#Cc1ccc(Br)cc1Oc1ccccc1OC(F)(F)F. The Morgan fingerprint density at radius 2 is 1.67 bits per heavy atom. The van der Waals surface area contributed by atoms with Gasteiger partial charge in [0.2, 0.25) is 0 Å². The molecule has 7 heteroatoms. The van der Waals surface area contributed by atoms with Gasteiger partial charge in [-0.25, -0.2) is 0 Å². The van der Waals surface area contributed by atoms with E-state index in [9.17, 15) is 13.2 Å². The molecule has 0 aliphatic rings. The van der Waals surface area contributed by atoms with Crippen molar-refractivity contribution in [2.24, 2.45) is 0 Å². The number of nitriles is 1. The molecule has 0 amide bonds. The zero-order valence-corrected chi connectivity index (χ0v) is 11.9. The summed E-state index contributed by atoms with van der Waals surface area (Å²) in [4.78, 5) is 0. The standard InChI is InChI=1S/C14H7BrF3NO2/c15-10-6-5-9(8-19)13(7-10)20-11-3-1-2-4-12(11)21-14(16,17)18/h1-7H. The van der Waals surface area contributed by atoms with Crippen LogP contribution in [0.4, 0.5) is 13.2 Å². The molecule has 0 radical (unpaired) electrons. The van der Waals surface area contributed by atoms with E-state index in [0.717, 1.165) is 6.07 Å². The second-order valence-corrected chi connectivity index (χ2v) is 4.76. The number of rotatable bonds is 3. The molecule has 0 bridgehead atoms. The van der Waals surface area contributed by atoms with Crippen molar-refractivity contribution >= 4 is 15.9 Å². The number of nitrogens with zero attached hydrogens (tertiary/aromatic N) is 1. The summed E-state index contributed by atoms with van der Waals surface area (Å²) in [6.45, 7) is 0. The van der Waals surface area contributed by atoms with Crippen molar-refractivity contribution in [3.63, 3.8) is 0 Å². The van der Waals surface area contributed by atoms with Crippen LogP contribution in [-0.4, -0.2) is 6.36 Å². The molecule has 0 aliphatic carbocycles. The fourth-order valence-corrected chi connectivity index (χ4v) is 1.88. The Bertz CT molecular complexity index is 695. The highest BCUT2D eigenvalue weighted by Crippen LogP contribution is 2.36. The smallest absolute Gasteiger partial charge is 0.452 e. The first-order chi connectivity index (χ1) is 9.89. The molecule has 0 aromatic heterocycles. The molecule has 0 saturated carbocycles. The lowest BCUT2D eigenvalue weighted by Gasteiger charge is -2.14. The van der Waals surface area contributed by atoms with E-state index in [2.05, 4.69) is 20.7 Å². The van der Waals surface area contributed by atoms with E-state index in [0.29, 0.717) is 4.47 Å². The van der Waals surface area contributed by atoms with E-state index in [1.807, 2.05) is 6.07 Å². The number of ether oxygens (including phenoxy) is 2. The van der Waals surface area contributed by atoms with Crippen molar-refractivity contribution in [3.8, 4) is 23.3 Å². The van der Waals surface area contributed by atoms with Crippen LogP contribution in [0.2, 0.25) is 0 Å². The van der Waals surface area contributed by atoms with Crippen LogP contribution in [-0.2, 0) is 0 Å². The molecule has 3 nitrogen and oxygen atoms in total. The van der Waals surface area contributed by atoms with Crippen molar-refractivity contribution < 1.29 is 22.6 Å². The van der Waals surface area contributed by atoms with Crippen molar-refractivity contribution in [2.45, 2.75) is 6.36 Å². The van der Waals surface area contributed by atoms with E-state index in [1.165, 1.54) is 30.3 Å². The van der Waals surface area contributed by atoms with E-state index in [1.54, 1.807) is 6.07 Å². The lowest BCUT2D eigenvalue weighted by atomic mass is 10.2. The number of para-hydroxylation sites is 2. The maximum Gasteiger partial charge on any atom is 0.573 e. The minimum atomic E-state index is -4.82. The van der Waals surface area contributed by atoms with Gasteiger partial charge in [-0.15, -0.1) is 13.2 Å². The van der Waals surface area contributed by atoms with Crippen molar-refractivity contribution in [1.82, 2.24) is 0 Å². The Morgan fingerprint density at radius 1 is 1.00 bits per heavy atom. The van der Waals surface area contributed by atoms with Crippen LogP contribution in [0.3, 0.4) is 0 Å². The summed E-state index contributed by atoms with van der Waals surface area (Å²) >= 11 is 3.21. The fraction of sp³-hybridized carbons (Fsp3) is 0.0714. The number of halogens is 4. The van der Waals surface area contributed by atoms with Gasteiger partial charge in [0.05, 0.1) is 5.56 Å². The van der Waals surface area contributed by atoms with Gasteiger partial charge in [-0.3, -0.25) is 0 Å². The van der Waals surface area contributed by atoms with Crippen molar-refractivity contribution in [1.29, 1.82) is 5.26 Å². The van der Waals surface area contributed by atoms with E-state index in [4.69, 9.17) is 10.00 Å². The molecular formula is C14H7BrF3NO2. The summed E-state index contributed by atoms with van der Waals surface area (Å²) in [5.74, 6) is -0.483. The molecule has 108 valence electrons. The molecule has 0 N–H and O–H groups in total. The molecule has 0 heterocycles. The van der Waals surface area contributed by atoms with Crippen LogP contribution in [0.25, 0.3) is 0 Å². The quantitative estimate of drug-likeness (QED) is 0.775. The van der Waals surface area contributed by atoms with Gasteiger partial charge in [0.25, 0.3) is 0 Å². The summed E-state index contributed by atoms with van der Waals surface area (Å²) < 4.78 is 46.9. The lowest BCUT2D eigenvalue weighted by molar-refractivity contribution is -0.275. The van der Waals surface area contributed by atoms with Gasteiger partial charge in [-0.1, -0.05) is 28.1 Å². The highest BCUT2D eigenvalue weighted by Gasteiger charge is 2.32. The molecule has 0 fully saturated rings. The highest BCUT2D eigenvalue weighted by atomic mass is 79.9. The normalized spacial score (nSPS) is 10.8. The van der Waals surface area contributed by atoms with E-state index in [-0.39, 0.29) is 17.1 Å². The lowest BCUT2D eigenvalue weighted by Crippen LogP contribution is -2.17. The highest BCUT2D eigenvalue weighted by molar-refractivity contribution is 9.10. The Balaban J connectivity index is 2.37. The topological polar surface area (TPSA) is 42.2 Å². The first-order valence-corrected chi connectivity index (χ1v) is 6.40. The number of hydrogen-bond acceptors (Lipinski definition) is 3. The van der Waals surface area contributed by atoms with Gasteiger partial charge in [-0.05, 0) is 30.3 Å². The van der Waals surface area contributed by atoms with Crippen LogP contribution in [0.1, 0.15) is 5.56 Å². The van der Waals surface area contributed by atoms with Crippen LogP contribution in [0, 0.1) is 11.3 Å². The first-order valence-electron chi connectivity index (χ1n) is 5.61. The maximum absolute atomic E-state index is 12.3. The number of alkyl halides is 3. The van der Waals surface area contributed by atoms with E-state index < -0.39 is 12.1 Å². The van der Waals surface area contributed by atoms with Crippen LogP contribution in [0.5, 0.6) is 17.2 Å².